The molecular formula is C25H31N7O2. The van der Waals surface area contributed by atoms with Gasteiger partial charge in [0.25, 0.3) is 5.91 Å². The third kappa shape index (κ3) is 4.59. The van der Waals surface area contributed by atoms with Crippen LogP contribution in [0.4, 0.5) is 5.82 Å². The molecular weight excluding hydrogens is 430 g/mol. The molecule has 34 heavy (non-hydrogen) atoms. The van der Waals surface area contributed by atoms with E-state index in [9.17, 15) is 9.59 Å². The third-order valence-corrected chi connectivity index (χ3v) is 6.69. The van der Waals surface area contributed by atoms with Gasteiger partial charge in [-0.1, -0.05) is 43.8 Å². The SMILES string of the molecule is C=CC(=O)N(C)CCC1(C)CC(n2nc(-c3cnn(Cc4ccccc4)c3)c(C(N)=O)c2N)C1. The first-order chi connectivity index (χ1) is 16.2. The summed E-state index contributed by atoms with van der Waals surface area (Å²) in [5, 5.41) is 9.13. The molecule has 3 aromatic rings. The first-order valence-electron chi connectivity index (χ1n) is 11.3. The lowest BCUT2D eigenvalue weighted by atomic mass is 9.65. The number of aromatic nitrogens is 4. The molecule has 1 aliphatic carbocycles. The first kappa shape index (κ1) is 23.3. The molecule has 0 saturated heterocycles. The fraction of sp³-hybridized carbons (Fsp3) is 0.360. The van der Waals surface area contributed by atoms with Crippen molar-refractivity contribution in [3.05, 3.63) is 66.5 Å². The molecule has 9 nitrogen and oxygen atoms in total. The van der Waals surface area contributed by atoms with Crippen LogP contribution in [-0.2, 0) is 11.3 Å². The summed E-state index contributed by atoms with van der Waals surface area (Å²) in [5.41, 5.74) is 14.6. The molecule has 1 saturated carbocycles. The lowest BCUT2D eigenvalue weighted by Gasteiger charge is -2.46. The van der Waals surface area contributed by atoms with Crippen molar-refractivity contribution in [3.63, 3.8) is 0 Å². The van der Waals surface area contributed by atoms with Gasteiger partial charge in [-0.2, -0.15) is 10.2 Å². The molecule has 178 valence electrons. The number of carbonyl (C=O) groups is 2. The summed E-state index contributed by atoms with van der Waals surface area (Å²) in [6, 6.07) is 10.1. The second kappa shape index (κ2) is 9.17. The maximum absolute atomic E-state index is 12.3. The van der Waals surface area contributed by atoms with Crippen LogP contribution in [-0.4, -0.2) is 49.9 Å². The lowest BCUT2D eigenvalue weighted by molar-refractivity contribution is -0.125. The predicted octanol–water partition coefficient (Wildman–Crippen LogP) is 2.85. The van der Waals surface area contributed by atoms with Crippen LogP contribution >= 0.6 is 0 Å². The zero-order valence-electron chi connectivity index (χ0n) is 19.6. The van der Waals surface area contributed by atoms with Crippen LogP contribution in [0.15, 0.2) is 55.4 Å². The van der Waals surface area contributed by atoms with Crippen LogP contribution in [0.25, 0.3) is 11.3 Å². The largest absolute Gasteiger partial charge is 0.383 e. The summed E-state index contributed by atoms with van der Waals surface area (Å²) >= 11 is 0. The lowest BCUT2D eigenvalue weighted by Crippen LogP contribution is -2.40. The summed E-state index contributed by atoms with van der Waals surface area (Å²) in [6.07, 6.45) is 7.41. The van der Waals surface area contributed by atoms with Gasteiger partial charge in [-0.15, -0.1) is 0 Å². The van der Waals surface area contributed by atoms with Crippen molar-refractivity contribution in [1.82, 2.24) is 24.5 Å². The number of primary amides is 1. The predicted molar refractivity (Wildman–Crippen MR) is 131 cm³/mol. The molecule has 2 heterocycles. The Balaban J connectivity index is 1.51. The summed E-state index contributed by atoms with van der Waals surface area (Å²) in [6.45, 7) is 6.98. The first-order valence-corrected chi connectivity index (χ1v) is 11.3. The molecule has 1 aromatic carbocycles. The Morgan fingerprint density at radius 3 is 2.65 bits per heavy atom. The van der Waals surface area contributed by atoms with Gasteiger partial charge < -0.3 is 16.4 Å². The van der Waals surface area contributed by atoms with E-state index >= 15 is 0 Å². The molecule has 4 N–H and O–H groups in total. The minimum absolute atomic E-state index is 0.0619. The molecule has 1 fully saturated rings. The van der Waals surface area contributed by atoms with E-state index in [4.69, 9.17) is 16.6 Å². The fourth-order valence-corrected chi connectivity index (χ4v) is 4.67. The second-order valence-electron chi connectivity index (χ2n) is 9.42. The average molecular weight is 462 g/mol. The van der Waals surface area contributed by atoms with Crippen LogP contribution in [0.2, 0.25) is 0 Å². The Morgan fingerprint density at radius 1 is 1.29 bits per heavy atom. The Bertz CT molecular complexity index is 1210. The van der Waals surface area contributed by atoms with Crippen LogP contribution in [0, 0.1) is 5.41 Å². The van der Waals surface area contributed by atoms with Gasteiger partial charge in [0.15, 0.2) is 0 Å². The summed E-state index contributed by atoms with van der Waals surface area (Å²) < 4.78 is 3.52. The van der Waals surface area contributed by atoms with E-state index in [0.29, 0.717) is 24.3 Å². The smallest absolute Gasteiger partial charge is 0.254 e. The van der Waals surface area contributed by atoms with E-state index in [-0.39, 0.29) is 28.7 Å². The van der Waals surface area contributed by atoms with Gasteiger partial charge in [-0.25, -0.2) is 4.68 Å². The molecule has 0 atom stereocenters. The minimum atomic E-state index is -0.610. The molecule has 9 heteroatoms. The molecule has 0 aliphatic heterocycles. The number of carbonyl (C=O) groups excluding carboxylic acids is 2. The maximum Gasteiger partial charge on any atom is 0.254 e. The van der Waals surface area contributed by atoms with Gasteiger partial charge in [0, 0.05) is 25.4 Å². The monoisotopic (exact) mass is 461 g/mol. The topological polar surface area (TPSA) is 125 Å². The van der Waals surface area contributed by atoms with Crippen LogP contribution in [0.5, 0.6) is 0 Å². The van der Waals surface area contributed by atoms with Crippen molar-refractivity contribution >= 4 is 17.6 Å². The Hall–Kier alpha value is -3.88. The van der Waals surface area contributed by atoms with Crippen molar-refractivity contribution < 1.29 is 9.59 Å². The molecule has 4 rings (SSSR count). The highest BCUT2D eigenvalue weighted by Crippen LogP contribution is 2.51. The number of hydrogen-bond donors (Lipinski definition) is 2. The number of amides is 2. The minimum Gasteiger partial charge on any atom is -0.383 e. The molecule has 2 amide bonds. The number of hydrogen-bond acceptors (Lipinski definition) is 5. The highest BCUT2D eigenvalue weighted by atomic mass is 16.2. The molecule has 0 bridgehead atoms. The Labute approximate surface area is 199 Å². The third-order valence-electron chi connectivity index (χ3n) is 6.69. The highest BCUT2D eigenvalue weighted by Gasteiger charge is 2.43. The van der Waals surface area contributed by atoms with Gasteiger partial charge in [-0.05, 0) is 36.3 Å². The molecule has 0 unspecified atom stereocenters. The van der Waals surface area contributed by atoms with Gasteiger partial charge >= 0.3 is 0 Å². The van der Waals surface area contributed by atoms with Gasteiger partial charge in [-0.3, -0.25) is 14.3 Å². The summed E-state index contributed by atoms with van der Waals surface area (Å²) in [7, 11) is 1.78. The normalized spacial score (nSPS) is 19.4. The molecule has 0 spiro atoms. The van der Waals surface area contributed by atoms with Crippen molar-refractivity contribution in [2.45, 2.75) is 38.8 Å². The van der Waals surface area contributed by atoms with E-state index < -0.39 is 5.91 Å². The summed E-state index contributed by atoms with van der Waals surface area (Å²) in [5.74, 6) is -0.412. The van der Waals surface area contributed by atoms with Gasteiger partial charge in [0.2, 0.25) is 5.91 Å². The van der Waals surface area contributed by atoms with Crippen LogP contribution in [0.1, 0.15) is 48.1 Å². The Morgan fingerprint density at radius 2 is 2.00 bits per heavy atom. The van der Waals surface area contributed by atoms with E-state index in [1.54, 1.807) is 27.5 Å². The van der Waals surface area contributed by atoms with Crippen LogP contribution < -0.4 is 11.5 Å². The van der Waals surface area contributed by atoms with E-state index in [0.717, 1.165) is 24.8 Å². The van der Waals surface area contributed by atoms with Crippen molar-refractivity contribution in [3.8, 4) is 11.3 Å². The van der Waals surface area contributed by atoms with Gasteiger partial charge in [0.05, 0.1) is 18.8 Å². The maximum atomic E-state index is 12.3. The van der Waals surface area contributed by atoms with Crippen LogP contribution in [0.3, 0.4) is 0 Å². The van der Waals surface area contributed by atoms with E-state index in [2.05, 4.69) is 18.6 Å². The zero-order chi connectivity index (χ0) is 24.5. The number of rotatable bonds is 9. The Kier molecular flexibility index (Phi) is 6.28. The van der Waals surface area contributed by atoms with Crippen molar-refractivity contribution in [1.29, 1.82) is 0 Å². The fourth-order valence-electron chi connectivity index (χ4n) is 4.67. The van der Waals surface area contributed by atoms with Crippen molar-refractivity contribution in [2.75, 3.05) is 19.3 Å². The number of nitrogens with two attached hydrogens (primary N) is 2. The number of anilines is 1. The molecule has 0 radical (unpaired) electrons. The summed E-state index contributed by atoms with van der Waals surface area (Å²) in [4.78, 5) is 25.7. The number of benzene rings is 1. The average Bonchev–Trinajstić information content (AvgIpc) is 3.39. The number of nitrogens with zero attached hydrogens (tertiary/aromatic N) is 5. The second-order valence-corrected chi connectivity index (χ2v) is 9.42. The molecule has 1 aliphatic rings. The van der Waals surface area contributed by atoms with Crippen molar-refractivity contribution in [2.24, 2.45) is 11.1 Å². The van der Waals surface area contributed by atoms with Gasteiger partial charge in [0.1, 0.15) is 17.1 Å². The quantitative estimate of drug-likeness (QED) is 0.474. The van der Waals surface area contributed by atoms with E-state index in [1.807, 2.05) is 36.5 Å². The number of likely N-dealkylation sites (N-methyl/N-ethyl adjacent to an activating group) is 1. The number of nitrogen functional groups attached to an aromatic ring is 1. The molecule has 2 aromatic heterocycles. The standard InChI is InChI=1S/C25H31N7O2/c1-4-20(33)30(3)11-10-25(2)12-19(13-25)32-23(26)21(24(27)34)22(29-32)18-14-28-31(16-18)15-17-8-6-5-7-9-17/h4-9,14,16,19H,1,10-13,15,26H2,2-3H3,(H2,27,34). The highest BCUT2D eigenvalue weighted by molar-refractivity contribution is 6.03. The van der Waals surface area contributed by atoms with E-state index in [1.165, 1.54) is 6.08 Å². The zero-order valence-corrected chi connectivity index (χ0v) is 19.6.